The summed E-state index contributed by atoms with van der Waals surface area (Å²) < 4.78 is 7.72. The first-order chi connectivity index (χ1) is 12.6. The van der Waals surface area contributed by atoms with E-state index in [1.807, 2.05) is 30.3 Å². The fraction of sp³-hybridized carbons (Fsp3) is 0.176. The third kappa shape index (κ3) is 2.45. The highest BCUT2D eigenvalue weighted by Crippen LogP contribution is 2.15. The first-order valence-corrected chi connectivity index (χ1v) is 7.93. The van der Waals surface area contributed by atoms with Gasteiger partial charge in [-0.3, -0.25) is 19.8 Å². The minimum atomic E-state index is -0.334. The maximum atomic E-state index is 12.9. The van der Waals surface area contributed by atoms with Gasteiger partial charge >= 0.3 is 0 Å². The van der Waals surface area contributed by atoms with Gasteiger partial charge in [0, 0.05) is 18.9 Å². The fourth-order valence-electron chi connectivity index (χ4n) is 2.97. The molecule has 3 heterocycles. The van der Waals surface area contributed by atoms with E-state index in [2.05, 4.69) is 20.3 Å². The normalized spacial score (nSPS) is 11.3. The van der Waals surface area contributed by atoms with E-state index < -0.39 is 0 Å². The molecule has 0 saturated carbocycles. The van der Waals surface area contributed by atoms with Gasteiger partial charge in [0.25, 0.3) is 17.1 Å². The maximum Gasteiger partial charge on any atom is 0.280 e. The summed E-state index contributed by atoms with van der Waals surface area (Å²) in [6.45, 7) is 1.94. The molecule has 2 N–H and O–H groups in total. The van der Waals surface area contributed by atoms with Crippen molar-refractivity contribution in [1.82, 2.24) is 29.5 Å². The van der Waals surface area contributed by atoms with Gasteiger partial charge < -0.3 is 4.74 Å². The standard InChI is InChI=1S/C17H16N6O3/c1-10-15-12(21-23(16(15)25)11-6-4-3-5-7-11)8-14(24)22(10)17-18-13(9-26-2)19-20-17/h3-8,21H,9H2,1-2H3,(H,18,19,20). The van der Waals surface area contributed by atoms with Crippen molar-refractivity contribution in [2.24, 2.45) is 0 Å². The highest BCUT2D eigenvalue weighted by atomic mass is 16.5. The molecule has 4 aromatic rings. The minimum absolute atomic E-state index is 0.174. The summed E-state index contributed by atoms with van der Waals surface area (Å²) in [5.41, 5.74) is 1.04. The number of aromatic nitrogens is 6. The molecule has 0 aliphatic rings. The van der Waals surface area contributed by atoms with Gasteiger partial charge in [0.1, 0.15) is 6.61 Å². The van der Waals surface area contributed by atoms with Crippen LogP contribution in [0.1, 0.15) is 11.5 Å². The van der Waals surface area contributed by atoms with Gasteiger partial charge in [-0.05, 0) is 19.1 Å². The molecule has 0 aliphatic heterocycles. The molecule has 0 amide bonds. The number of benzene rings is 1. The van der Waals surface area contributed by atoms with Crippen molar-refractivity contribution >= 4 is 10.9 Å². The zero-order valence-corrected chi connectivity index (χ0v) is 14.2. The highest BCUT2D eigenvalue weighted by Gasteiger charge is 2.18. The summed E-state index contributed by atoms with van der Waals surface area (Å²) in [7, 11) is 1.54. The first kappa shape index (κ1) is 16.0. The Labute approximate surface area is 146 Å². The van der Waals surface area contributed by atoms with Crippen LogP contribution in [-0.4, -0.2) is 36.6 Å². The van der Waals surface area contributed by atoms with Crippen LogP contribution in [-0.2, 0) is 11.3 Å². The zero-order valence-electron chi connectivity index (χ0n) is 14.2. The topological polar surface area (TPSA) is 111 Å². The van der Waals surface area contributed by atoms with Gasteiger partial charge in [0.05, 0.1) is 16.6 Å². The molecule has 0 aliphatic carbocycles. The Balaban J connectivity index is 1.95. The molecule has 0 atom stereocenters. The molecule has 0 bridgehead atoms. The molecule has 1 aromatic carbocycles. The largest absolute Gasteiger partial charge is 0.377 e. The predicted molar refractivity (Wildman–Crippen MR) is 94.9 cm³/mol. The second kappa shape index (κ2) is 6.12. The van der Waals surface area contributed by atoms with Crippen LogP contribution in [0, 0.1) is 6.92 Å². The summed E-state index contributed by atoms with van der Waals surface area (Å²) in [4.78, 5) is 29.7. The van der Waals surface area contributed by atoms with Crippen molar-refractivity contribution in [2.45, 2.75) is 13.5 Å². The van der Waals surface area contributed by atoms with Gasteiger partial charge in [-0.25, -0.2) is 9.25 Å². The van der Waals surface area contributed by atoms with Crippen LogP contribution in [0.4, 0.5) is 0 Å². The molecular weight excluding hydrogens is 336 g/mol. The summed E-state index contributed by atoms with van der Waals surface area (Å²) >= 11 is 0. The van der Waals surface area contributed by atoms with Crippen molar-refractivity contribution in [3.63, 3.8) is 0 Å². The lowest BCUT2D eigenvalue weighted by molar-refractivity contribution is 0.178. The predicted octanol–water partition coefficient (Wildman–Crippen LogP) is 1.04. The number of aryl methyl sites for hydroxylation is 1. The Morgan fingerprint density at radius 2 is 1.96 bits per heavy atom. The third-order valence-corrected chi connectivity index (χ3v) is 4.12. The Morgan fingerprint density at radius 3 is 2.69 bits per heavy atom. The van der Waals surface area contributed by atoms with E-state index in [4.69, 9.17) is 4.74 Å². The fourth-order valence-corrected chi connectivity index (χ4v) is 2.97. The molecular formula is C17H16N6O3. The van der Waals surface area contributed by atoms with E-state index in [0.717, 1.165) is 0 Å². The summed E-state index contributed by atoms with van der Waals surface area (Å²) in [5, 5.41) is 10.2. The number of fused-ring (bicyclic) bond motifs is 1. The number of para-hydroxylation sites is 1. The number of aromatic amines is 2. The van der Waals surface area contributed by atoms with Crippen LogP contribution in [0.3, 0.4) is 0 Å². The summed E-state index contributed by atoms with van der Waals surface area (Å²) in [6.07, 6.45) is 0. The molecule has 0 unspecified atom stereocenters. The van der Waals surface area contributed by atoms with Gasteiger partial charge in [0.15, 0.2) is 5.82 Å². The number of rotatable bonds is 4. The van der Waals surface area contributed by atoms with Crippen LogP contribution in [0.5, 0.6) is 0 Å². The molecule has 3 aromatic heterocycles. The molecule has 0 radical (unpaired) electrons. The number of hydrogen-bond donors (Lipinski definition) is 2. The Kier molecular flexibility index (Phi) is 3.77. The van der Waals surface area contributed by atoms with E-state index in [-0.39, 0.29) is 23.7 Å². The minimum Gasteiger partial charge on any atom is -0.377 e. The van der Waals surface area contributed by atoms with Crippen LogP contribution in [0.25, 0.3) is 22.5 Å². The number of nitrogens with zero attached hydrogens (tertiary/aromatic N) is 4. The van der Waals surface area contributed by atoms with E-state index in [9.17, 15) is 9.59 Å². The molecule has 132 valence electrons. The number of hydrogen-bond acceptors (Lipinski definition) is 5. The molecule has 26 heavy (non-hydrogen) atoms. The quantitative estimate of drug-likeness (QED) is 0.570. The highest BCUT2D eigenvalue weighted by molar-refractivity contribution is 5.81. The molecule has 4 rings (SSSR count). The van der Waals surface area contributed by atoms with Crippen molar-refractivity contribution in [2.75, 3.05) is 7.11 Å². The number of ether oxygens (including phenoxy) is 1. The number of H-pyrrole nitrogens is 2. The number of methoxy groups -OCH3 is 1. The zero-order chi connectivity index (χ0) is 18.3. The molecule has 9 heteroatoms. The Bertz CT molecular complexity index is 1200. The van der Waals surface area contributed by atoms with Crippen molar-refractivity contribution < 1.29 is 4.74 Å². The second-order valence-corrected chi connectivity index (χ2v) is 5.80. The average Bonchev–Trinajstić information content (AvgIpc) is 3.21. The molecule has 0 saturated heterocycles. The van der Waals surface area contributed by atoms with Crippen molar-refractivity contribution in [3.8, 4) is 11.6 Å². The van der Waals surface area contributed by atoms with Gasteiger partial charge in [-0.2, -0.15) is 4.98 Å². The monoisotopic (exact) mass is 352 g/mol. The second-order valence-electron chi connectivity index (χ2n) is 5.80. The van der Waals surface area contributed by atoms with Crippen LogP contribution in [0.2, 0.25) is 0 Å². The Morgan fingerprint density at radius 1 is 1.19 bits per heavy atom. The van der Waals surface area contributed by atoms with Gasteiger partial charge in [0.2, 0.25) is 0 Å². The molecule has 0 fully saturated rings. The lowest BCUT2D eigenvalue weighted by Crippen LogP contribution is -2.22. The lowest BCUT2D eigenvalue weighted by Gasteiger charge is -2.05. The third-order valence-electron chi connectivity index (χ3n) is 4.12. The molecule has 9 nitrogen and oxygen atoms in total. The van der Waals surface area contributed by atoms with Crippen LogP contribution < -0.4 is 11.1 Å². The SMILES string of the molecule is COCc1nc(-n2c(C)c3c(=O)n(-c4ccccc4)[nH]c3cc2=O)n[nH]1. The molecule has 0 spiro atoms. The average molecular weight is 352 g/mol. The lowest BCUT2D eigenvalue weighted by atomic mass is 10.2. The Hall–Kier alpha value is -3.46. The van der Waals surface area contributed by atoms with Gasteiger partial charge in [-0.15, -0.1) is 5.10 Å². The van der Waals surface area contributed by atoms with E-state index in [1.54, 1.807) is 6.92 Å². The summed E-state index contributed by atoms with van der Waals surface area (Å²) in [6, 6.07) is 10.5. The smallest absolute Gasteiger partial charge is 0.280 e. The summed E-state index contributed by atoms with van der Waals surface area (Å²) in [5.74, 6) is 0.665. The first-order valence-electron chi connectivity index (χ1n) is 7.93. The number of nitrogens with one attached hydrogen (secondary N) is 2. The van der Waals surface area contributed by atoms with Gasteiger partial charge in [-0.1, -0.05) is 18.2 Å². The number of pyridine rings is 1. The van der Waals surface area contributed by atoms with Crippen LogP contribution in [0.15, 0.2) is 46.0 Å². The van der Waals surface area contributed by atoms with E-state index in [1.165, 1.54) is 22.4 Å². The van der Waals surface area contributed by atoms with E-state index in [0.29, 0.717) is 28.1 Å². The van der Waals surface area contributed by atoms with E-state index >= 15 is 0 Å². The van der Waals surface area contributed by atoms with Crippen LogP contribution >= 0.6 is 0 Å². The van der Waals surface area contributed by atoms with Crippen molar-refractivity contribution in [1.29, 1.82) is 0 Å². The van der Waals surface area contributed by atoms with Crippen molar-refractivity contribution in [3.05, 3.63) is 68.6 Å². The maximum absolute atomic E-state index is 12.9.